The average Bonchev–Trinajstić information content (AvgIpc) is 3.11. The van der Waals surface area contributed by atoms with E-state index in [2.05, 4.69) is 16.9 Å². The number of sulfone groups is 1. The summed E-state index contributed by atoms with van der Waals surface area (Å²) < 4.78 is 38.8. The maximum Gasteiger partial charge on any atom is 0.227 e. The standard InChI is InChI=1S/C20H35N3O4S/c1-22(18-8-11-27-12-9-18)15-19-14-21-20(23(19)10-13-26-2)28(24,25)16-17-6-4-3-5-7-17/h14,17-18H,3-13,15-16H2,1-2H3. The molecule has 0 radical (unpaired) electrons. The van der Waals surface area contributed by atoms with Crippen LogP contribution in [0.25, 0.3) is 0 Å². The first-order valence-electron chi connectivity index (χ1n) is 10.6. The highest BCUT2D eigenvalue weighted by Gasteiger charge is 2.29. The molecular weight excluding hydrogens is 378 g/mol. The molecule has 1 aliphatic heterocycles. The largest absolute Gasteiger partial charge is 0.383 e. The quantitative estimate of drug-likeness (QED) is 0.619. The van der Waals surface area contributed by atoms with Crippen LogP contribution >= 0.6 is 0 Å². The molecule has 0 spiro atoms. The van der Waals surface area contributed by atoms with Gasteiger partial charge in [0, 0.05) is 39.5 Å². The molecule has 2 heterocycles. The molecule has 0 aromatic carbocycles. The van der Waals surface area contributed by atoms with Crippen molar-refractivity contribution in [1.82, 2.24) is 14.5 Å². The minimum atomic E-state index is -3.40. The molecule has 1 saturated heterocycles. The van der Waals surface area contributed by atoms with Gasteiger partial charge in [0.25, 0.3) is 0 Å². The highest BCUT2D eigenvalue weighted by atomic mass is 32.2. The van der Waals surface area contributed by atoms with E-state index in [1.54, 1.807) is 13.3 Å². The van der Waals surface area contributed by atoms with Crippen molar-refractivity contribution in [2.24, 2.45) is 5.92 Å². The number of ether oxygens (including phenoxy) is 2. The van der Waals surface area contributed by atoms with Crippen LogP contribution < -0.4 is 0 Å². The van der Waals surface area contributed by atoms with E-state index in [9.17, 15) is 8.42 Å². The van der Waals surface area contributed by atoms with Crippen molar-refractivity contribution in [2.75, 3.05) is 39.7 Å². The molecule has 1 aliphatic carbocycles. The molecule has 0 atom stereocenters. The van der Waals surface area contributed by atoms with Crippen LogP contribution in [0, 0.1) is 5.92 Å². The number of rotatable bonds is 9. The molecule has 3 rings (SSSR count). The molecule has 0 amide bonds. The fourth-order valence-corrected chi connectivity index (χ4v) is 6.30. The Morgan fingerprint density at radius 1 is 1.21 bits per heavy atom. The van der Waals surface area contributed by atoms with E-state index in [1.165, 1.54) is 6.42 Å². The molecule has 7 nitrogen and oxygen atoms in total. The highest BCUT2D eigenvalue weighted by Crippen LogP contribution is 2.27. The Morgan fingerprint density at radius 2 is 1.93 bits per heavy atom. The Kier molecular flexibility index (Phi) is 7.91. The minimum absolute atomic E-state index is 0.213. The van der Waals surface area contributed by atoms with Gasteiger partial charge in [-0.3, -0.25) is 4.90 Å². The SMILES string of the molecule is COCCn1c(CN(C)C2CCOCC2)cnc1S(=O)(=O)CC1CCCCC1. The van der Waals surface area contributed by atoms with E-state index in [0.29, 0.717) is 25.7 Å². The number of hydrogen-bond donors (Lipinski definition) is 0. The lowest BCUT2D eigenvalue weighted by Gasteiger charge is -2.31. The number of imidazole rings is 1. The Labute approximate surface area is 169 Å². The van der Waals surface area contributed by atoms with Crippen molar-refractivity contribution in [3.63, 3.8) is 0 Å². The minimum Gasteiger partial charge on any atom is -0.383 e. The first kappa shape index (κ1) is 21.7. The number of aromatic nitrogens is 2. The van der Waals surface area contributed by atoms with Crippen molar-refractivity contribution in [1.29, 1.82) is 0 Å². The second kappa shape index (κ2) is 10.2. The van der Waals surface area contributed by atoms with E-state index in [-0.39, 0.29) is 16.8 Å². The number of hydrogen-bond acceptors (Lipinski definition) is 6. The van der Waals surface area contributed by atoms with Crippen LogP contribution in [0.3, 0.4) is 0 Å². The highest BCUT2D eigenvalue weighted by molar-refractivity contribution is 7.91. The Bertz CT molecular complexity index is 707. The Balaban J connectivity index is 1.76. The molecule has 2 fully saturated rings. The lowest BCUT2D eigenvalue weighted by molar-refractivity contribution is 0.0398. The monoisotopic (exact) mass is 413 g/mol. The summed E-state index contributed by atoms with van der Waals surface area (Å²) in [5.74, 6) is 0.478. The van der Waals surface area contributed by atoms with Crippen LogP contribution in [-0.4, -0.2) is 68.6 Å². The van der Waals surface area contributed by atoms with E-state index < -0.39 is 9.84 Å². The van der Waals surface area contributed by atoms with Crippen LogP contribution in [0.2, 0.25) is 0 Å². The fraction of sp³-hybridized carbons (Fsp3) is 0.850. The lowest BCUT2D eigenvalue weighted by Crippen LogP contribution is -2.36. The molecule has 0 unspecified atom stereocenters. The van der Waals surface area contributed by atoms with Gasteiger partial charge in [0.2, 0.25) is 15.0 Å². The molecule has 1 aromatic heterocycles. The topological polar surface area (TPSA) is 73.7 Å². The zero-order chi connectivity index (χ0) is 20.0. The number of nitrogens with zero attached hydrogens (tertiary/aromatic N) is 3. The molecular formula is C20H35N3O4S. The zero-order valence-electron chi connectivity index (χ0n) is 17.3. The van der Waals surface area contributed by atoms with Crippen LogP contribution in [0.1, 0.15) is 50.6 Å². The van der Waals surface area contributed by atoms with Gasteiger partial charge in [-0.1, -0.05) is 19.3 Å². The summed E-state index contributed by atoms with van der Waals surface area (Å²) in [7, 11) is 0.334. The summed E-state index contributed by atoms with van der Waals surface area (Å²) in [5.41, 5.74) is 0.938. The van der Waals surface area contributed by atoms with Crippen LogP contribution in [0.15, 0.2) is 11.4 Å². The predicted octanol–water partition coefficient (Wildman–Crippen LogP) is 2.49. The maximum absolute atomic E-state index is 13.1. The van der Waals surface area contributed by atoms with E-state index in [1.807, 2.05) is 4.57 Å². The van der Waals surface area contributed by atoms with Crippen LogP contribution in [0.5, 0.6) is 0 Å². The first-order chi connectivity index (χ1) is 13.5. The van der Waals surface area contributed by atoms with Crippen LogP contribution in [0.4, 0.5) is 0 Å². The summed E-state index contributed by atoms with van der Waals surface area (Å²) in [4.78, 5) is 6.66. The second-order valence-corrected chi connectivity index (χ2v) is 10.1. The normalized spacial score (nSPS) is 20.1. The zero-order valence-corrected chi connectivity index (χ0v) is 18.1. The fourth-order valence-electron chi connectivity index (χ4n) is 4.44. The molecule has 8 heteroatoms. The lowest BCUT2D eigenvalue weighted by atomic mass is 9.91. The molecule has 160 valence electrons. The third-order valence-electron chi connectivity index (χ3n) is 6.10. The summed E-state index contributed by atoms with van der Waals surface area (Å²) >= 11 is 0. The van der Waals surface area contributed by atoms with Gasteiger partial charge >= 0.3 is 0 Å². The smallest absolute Gasteiger partial charge is 0.227 e. The maximum atomic E-state index is 13.1. The number of methoxy groups -OCH3 is 1. The van der Waals surface area contributed by atoms with Crippen molar-refractivity contribution in [3.8, 4) is 0 Å². The predicted molar refractivity (Wildman–Crippen MR) is 108 cm³/mol. The Hall–Kier alpha value is -0.960. The summed E-state index contributed by atoms with van der Waals surface area (Å²) in [6.07, 6.45) is 9.28. The second-order valence-electron chi connectivity index (χ2n) is 8.22. The summed E-state index contributed by atoms with van der Waals surface area (Å²) in [5, 5.41) is 0.213. The van der Waals surface area contributed by atoms with Crippen LogP contribution in [-0.2, 0) is 32.4 Å². The molecule has 28 heavy (non-hydrogen) atoms. The van der Waals surface area contributed by atoms with Gasteiger partial charge < -0.3 is 14.0 Å². The molecule has 0 N–H and O–H groups in total. The van der Waals surface area contributed by atoms with Gasteiger partial charge in [-0.2, -0.15) is 0 Å². The van der Waals surface area contributed by atoms with Crippen molar-refractivity contribution < 1.29 is 17.9 Å². The van der Waals surface area contributed by atoms with Gasteiger partial charge in [-0.15, -0.1) is 0 Å². The van der Waals surface area contributed by atoms with Crippen molar-refractivity contribution in [3.05, 3.63) is 11.9 Å². The third kappa shape index (κ3) is 5.55. The van der Waals surface area contributed by atoms with Gasteiger partial charge in [-0.25, -0.2) is 13.4 Å². The van der Waals surface area contributed by atoms with Gasteiger partial charge in [0.05, 0.1) is 24.3 Å². The van der Waals surface area contributed by atoms with E-state index in [0.717, 1.165) is 57.4 Å². The van der Waals surface area contributed by atoms with Gasteiger partial charge in [0.15, 0.2) is 0 Å². The van der Waals surface area contributed by atoms with Gasteiger partial charge in [-0.05, 0) is 38.6 Å². The van der Waals surface area contributed by atoms with Crippen molar-refractivity contribution in [2.45, 2.75) is 69.2 Å². The molecule has 2 aliphatic rings. The van der Waals surface area contributed by atoms with Crippen molar-refractivity contribution >= 4 is 9.84 Å². The van der Waals surface area contributed by atoms with E-state index in [4.69, 9.17) is 9.47 Å². The molecule has 1 saturated carbocycles. The summed E-state index contributed by atoms with van der Waals surface area (Å²) in [6.45, 7) is 3.24. The molecule has 0 bridgehead atoms. The first-order valence-corrected chi connectivity index (χ1v) is 12.2. The van der Waals surface area contributed by atoms with Gasteiger partial charge in [0.1, 0.15) is 0 Å². The summed E-state index contributed by atoms with van der Waals surface area (Å²) in [6, 6.07) is 0.460. The Morgan fingerprint density at radius 3 is 2.61 bits per heavy atom. The molecule has 1 aromatic rings. The third-order valence-corrected chi connectivity index (χ3v) is 7.90. The average molecular weight is 414 g/mol. The van der Waals surface area contributed by atoms with E-state index >= 15 is 0 Å².